The Balaban J connectivity index is 1.67. The van der Waals surface area contributed by atoms with Crippen molar-refractivity contribution in [1.29, 1.82) is 0 Å². The van der Waals surface area contributed by atoms with E-state index in [0.717, 1.165) is 31.7 Å². The minimum atomic E-state index is -4.14. The van der Waals surface area contributed by atoms with Crippen LogP contribution in [0.4, 0.5) is 0 Å². The summed E-state index contributed by atoms with van der Waals surface area (Å²) in [6, 6.07) is 6.01. The molecular weight excluding hydrogens is 906 g/mol. The summed E-state index contributed by atoms with van der Waals surface area (Å²) in [6.07, 6.45) is 2.81. The van der Waals surface area contributed by atoms with Gasteiger partial charge < -0.3 is 45.0 Å². The Morgan fingerprint density at radius 1 is 0.647 bits per heavy atom. The Bertz CT molecular complexity index is 1830. The second-order valence-corrected chi connectivity index (χ2v) is 20.1. The first-order chi connectivity index (χ1) is 32.1. The van der Waals surface area contributed by atoms with E-state index in [9.17, 15) is 63.1 Å². The number of carbonyl (C=O) groups is 8. The van der Waals surface area contributed by atoms with Crippen molar-refractivity contribution in [3.8, 4) is 0 Å². The van der Waals surface area contributed by atoms with E-state index in [1.54, 1.807) is 19.1 Å². The van der Waals surface area contributed by atoms with Crippen molar-refractivity contribution in [3.05, 3.63) is 35.4 Å². The van der Waals surface area contributed by atoms with Crippen LogP contribution in [-0.4, -0.2) is 190 Å². The molecule has 1 heterocycles. The van der Waals surface area contributed by atoms with Gasteiger partial charge in [-0.15, -0.1) is 0 Å². The summed E-state index contributed by atoms with van der Waals surface area (Å²) in [7, 11) is -0.0246. The number of rotatable bonds is 33. The van der Waals surface area contributed by atoms with Crippen molar-refractivity contribution in [2.24, 2.45) is 11.8 Å². The van der Waals surface area contributed by atoms with Crippen molar-refractivity contribution in [1.82, 2.24) is 24.9 Å². The number of hydrogen-bond acceptors (Lipinski definition) is 14. The van der Waals surface area contributed by atoms with Crippen LogP contribution in [0.2, 0.25) is 0 Å². The highest BCUT2D eigenvalue weighted by Gasteiger charge is 2.28. The van der Waals surface area contributed by atoms with E-state index in [1.165, 1.54) is 0 Å². The van der Waals surface area contributed by atoms with Gasteiger partial charge in [-0.05, 0) is 70.5 Å². The molecule has 4 atom stereocenters. The van der Waals surface area contributed by atoms with Gasteiger partial charge in [-0.25, -0.2) is 4.79 Å². The van der Waals surface area contributed by atoms with Crippen molar-refractivity contribution in [3.63, 3.8) is 0 Å². The number of nitrogens with one attached hydrogen (secondary N) is 1. The van der Waals surface area contributed by atoms with Crippen molar-refractivity contribution < 1.29 is 72.8 Å². The SMILES string of the molecule is CC(CCC(=O)O)CP(=O)(O)OCCC(CC(=O)CC[C@@H](NC(=O)CCCCCCC(=O)c1ccc(CCCC(=O)CN2CCN(C)CCN(C)CCN(CC(=O)O)CC2)cc1)C(=O)O)C(=O)O. The number of hydrogen-bond donors (Lipinski definition) is 6. The van der Waals surface area contributed by atoms with Crippen LogP contribution in [0.3, 0.4) is 0 Å². The largest absolute Gasteiger partial charge is 0.481 e. The van der Waals surface area contributed by atoms with Crippen molar-refractivity contribution in [2.75, 3.05) is 92.3 Å². The monoisotopic (exact) mass is 982 g/mol. The molecule has 1 aliphatic heterocycles. The first-order valence-corrected chi connectivity index (χ1v) is 25.5. The standard InChI is InChI=1S/C47H76N5O15P/c1-35(13-20-44(57)58)34-68(65,66)67-30-21-38(46(61)62)31-39(53)18-19-41(47(63)64)48-43(56)12-7-5-4-6-11-42(55)37-16-14-36(15-17-37)9-8-10-40(54)32-51-26-24-49(2)22-23-50(3)25-27-52(29-28-51)33-45(59)60/h14-17,35,38,41H,4-13,18-34H2,1-3H3,(H,48,56)(H,57,58)(H,59,60)(H,61,62)(H,63,64)(H,65,66)/t35?,38?,41-/m1/s1. The number of carboxylic acid groups (broad SMARTS) is 4. The molecule has 1 amide bonds. The molecular formula is C47H76N5O15P. The number of aryl methyl sites for hydroxylation is 1. The van der Waals surface area contributed by atoms with Crippen LogP contribution in [0.1, 0.15) is 113 Å². The number of nitrogens with zero attached hydrogens (tertiary/aromatic N) is 4. The van der Waals surface area contributed by atoms with E-state index in [4.69, 9.17) is 9.63 Å². The zero-order chi connectivity index (χ0) is 50.6. The van der Waals surface area contributed by atoms with Gasteiger partial charge in [-0.2, -0.15) is 0 Å². The smallest absolute Gasteiger partial charge is 0.328 e. The van der Waals surface area contributed by atoms with Gasteiger partial charge in [0.25, 0.3) is 0 Å². The first-order valence-electron chi connectivity index (χ1n) is 23.7. The van der Waals surface area contributed by atoms with E-state index in [0.29, 0.717) is 89.7 Å². The lowest BCUT2D eigenvalue weighted by Crippen LogP contribution is -2.46. The second kappa shape index (κ2) is 32.4. The lowest BCUT2D eigenvalue weighted by molar-refractivity contribution is -0.145. The molecule has 384 valence electrons. The van der Waals surface area contributed by atoms with Gasteiger partial charge in [-0.3, -0.25) is 47.9 Å². The minimum absolute atomic E-state index is 0.00985. The molecule has 0 bridgehead atoms. The van der Waals surface area contributed by atoms with E-state index in [2.05, 4.69) is 27.1 Å². The summed E-state index contributed by atoms with van der Waals surface area (Å²) in [6.45, 7) is 7.32. The van der Waals surface area contributed by atoms with Crippen LogP contribution in [0.25, 0.3) is 0 Å². The molecule has 1 aromatic rings. The number of amides is 1. The molecule has 20 nitrogen and oxygen atoms in total. The maximum Gasteiger partial charge on any atom is 0.328 e. The maximum atomic E-state index is 13.0. The summed E-state index contributed by atoms with van der Waals surface area (Å²) in [5, 5.41) is 39.8. The number of Topliss-reactive ketones (excluding diaryl/α,β-unsaturated/α-hetero) is 3. The van der Waals surface area contributed by atoms with Gasteiger partial charge in [0.05, 0.1) is 31.8 Å². The molecule has 1 aliphatic rings. The summed E-state index contributed by atoms with van der Waals surface area (Å²) in [5.74, 6) is -7.25. The Labute approximate surface area is 400 Å². The van der Waals surface area contributed by atoms with Gasteiger partial charge in [0.1, 0.15) is 17.6 Å². The molecule has 2 rings (SSSR count). The molecule has 0 aromatic heterocycles. The van der Waals surface area contributed by atoms with Gasteiger partial charge in [0.2, 0.25) is 5.91 Å². The Morgan fingerprint density at radius 3 is 1.79 bits per heavy atom. The van der Waals surface area contributed by atoms with Crippen LogP contribution in [-0.2, 0) is 49.1 Å². The zero-order valence-corrected chi connectivity index (χ0v) is 41.1. The van der Waals surface area contributed by atoms with Crippen LogP contribution in [0.5, 0.6) is 0 Å². The Hall–Kier alpha value is -4.43. The quantitative estimate of drug-likeness (QED) is 0.0332. The molecule has 6 N–H and O–H groups in total. The van der Waals surface area contributed by atoms with Crippen LogP contribution in [0, 0.1) is 11.8 Å². The predicted octanol–water partition coefficient (Wildman–Crippen LogP) is 3.77. The average molecular weight is 982 g/mol. The molecule has 1 saturated heterocycles. The predicted molar refractivity (Wildman–Crippen MR) is 253 cm³/mol. The highest BCUT2D eigenvalue weighted by atomic mass is 31.2. The summed E-state index contributed by atoms with van der Waals surface area (Å²) in [4.78, 5) is 115. The lowest BCUT2D eigenvalue weighted by atomic mass is 9.96. The fourth-order valence-corrected chi connectivity index (χ4v) is 9.18. The van der Waals surface area contributed by atoms with Gasteiger partial charge >= 0.3 is 31.5 Å². The van der Waals surface area contributed by atoms with Crippen LogP contribution < -0.4 is 5.32 Å². The van der Waals surface area contributed by atoms with Gasteiger partial charge in [0, 0.05) is 96.4 Å². The molecule has 1 fully saturated rings. The number of benzene rings is 1. The molecule has 3 unspecified atom stereocenters. The Kier molecular flexibility index (Phi) is 28.4. The lowest BCUT2D eigenvalue weighted by Gasteiger charge is -2.31. The number of aliphatic carboxylic acids is 4. The third kappa shape index (κ3) is 27.5. The van der Waals surface area contributed by atoms with Crippen LogP contribution in [0.15, 0.2) is 24.3 Å². The number of carbonyl (C=O) groups excluding carboxylic acids is 4. The molecule has 0 spiro atoms. The molecule has 0 saturated carbocycles. The zero-order valence-electron chi connectivity index (χ0n) is 40.2. The summed E-state index contributed by atoms with van der Waals surface area (Å²) >= 11 is 0. The second-order valence-electron chi connectivity index (χ2n) is 18.2. The number of likely N-dealkylation sites (N-methyl/N-ethyl adjacent to an activating group) is 2. The number of ketones is 3. The Morgan fingerprint density at radius 2 is 1.22 bits per heavy atom. The van der Waals surface area contributed by atoms with E-state index in [1.807, 2.05) is 24.1 Å². The van der Waals surface area contributed by atoms with Gasteiger partial charge in [0.15, 0.2) is 5.78 Å². The average Bonchev–Trinajstić information content (AvgIpc) is 3.26. The highest BCUT2D eigenvalue weighted by Crippen LogP contribution is 2.44. The fourth-order valence-electron chi connectivity index (χ4n) is 7.71. The van der Waals surface area contributed by atoms with Crippen LogP contribution >= 0.6 is 7.60 Å². The summed E-state index contributed by atoms with van der Waals surface area (Å²) < 4.78 is 17.4. The molecule has 21 heteroatoms. The van der Waals surface area contributed by atoms with E-state index in [-0.39, 0.29) is 62.8 Å². The third-order valence-corrected chi connectivity index (χ3v) is 13.7. The van der Waals surface area contributed by atoms with Gasteiger partial charge in [-0.1, -0.05) is 44.0 Å². The summed E-state index contributed by atoms with van der Waals surface area (Å²) in [5.41, 5.74) is 1.61. The van der Waals surface area contributed by atoms with E-state index >= 15 is 0 Å². The van der Waals surface area contributed by atoms with Crippen molar-refractivity contribution in [2.45, 2.75) is 109 Å². The molecule has 68 heavy (non-hydrogen) atoms. The fraction of sp³-hybridized carbons (Fsp3) is 0.702. The molecule has 1 aromatic carbocycles. The molecule has 0 aliphatic carbocycles. The normalized spacial score (nSPS) is 17.1. The number of carboxylic acids is 4. The van der Waals surface area contributed by atoms with Crippen molar-refractivity contribution >= 4 is 54.7 Å². The number of unbranched alkanes of at least 4 members (excludes halogenated alkanes) is 3. The molecule has 0 radical (unpaired) electrons. The first kappa shape index (κ1) is 59.7. The third-order valence-electron chi connectivity index (χ3n) is 12.0. The van der Waals surface area contributed by atoms with E-state index < -0.39 is 74.1 Å². The topological polar surface area (TPSA) is 289 Å². The maximum absolute atomic E-state index is 13.0. The minimum Gasteiger partial charge on any atom is -0.481 e. The highest BCUT2D eigenvalue weighted by molar-refractivity contribution is 7.52.